The van der Waals surface area contributed by atoms with E-state index in [2.05, 4.69) is 9.97 Å². The van der Waals surface area contributed by atoms with Crippen LogP contribution in [0.5, 0.6) is 5.88 Å². The number of pyridine rings is 2. The first-order valence-electron chi connectivity index (χ1n) is 10.0. The molecule has 0 fully saturated rings. The Morgan fingerprint density at radius 1 is 1.40 bits per heavy atom. The second-order valence-corrected chi connectivity index (χ2v) is 7.84. The quantitative estimate of drug-likeness (QED) is 0.805. The first kappa shape index (κ1) is 21.7. The number of rotatable bonds is 5. The van der Waals surface area contributed by atoms with Gasteiger partial charge < -0.3 is 19.6 Å². The zero-order valence-electron chi connectivity index (χ0n) is 17.8. The fourth-order valence-corrected chi connectivity index (χ4v) is 3.41. The molecule has 0 unspecified atom stereocenters. The Labute approximate surface area is 176 Å². The number of hydrogen-bond acceptors (Lipinski definition) is 6. The van der Waals surface area contributed by atoms with Gasteiger partial charge in [0, 0.05) is 56.2 Å². The van der Waals surface area contributed by atoms with E-state index < -0.39 is 0 Å². The summed E-state index contributed by atoms with van der Waals surface area (Å²) in [4.78, 5) is 36.9. The van der Waals surface area contributed by atoms with Gasteiger partial charge in [-0.05, 0) is 19.1 Å². The standard InChI is InChI=1S/C22H28N4O4/c1-14-11-26(15(2)13-27)22(29)19-8-18(17-6-5-7-23-9-17)10-24-21(19)30-20(14)12-25(4)16(3)28/h5-10,14-15,20,27H,11-13H2,1-4H3/t14-,15-,20-/m0/s1. The molecule has 8 heteroatoms. The molecule has 2 aromatic heterocycles. The number of amides is 2. The van der Waals surface area contributed by atoms with Crippen LogP contribution in [-0.4, -0.2) is 75.6 Å². The lowest BCUT2D eigenvalue weighted by Gasteiger charge is -2.37. The molecular weight excluding hydrogens is 384 g/mol. The van der Waals surface area contributed by atoms with Crippen molar-refractivity contribution in [2.45, 2.75) is 32.9 Å². The fourth-order valence-electron chi connectivity index (χ4n) is 3.41. The number of likely N-dealkylation sites (N-methyl/N-ethyl adjacent to an activating group) is 1. The largest absolute Gasteiger partial charge is 0.472 e. The number of ether oxygens (including phenoxy) is 1. The van der Waals surface area contributed by atoms with E-state index in [9.17, 15) is 14.7 Å². The monoisotopic (exact) mass is 412 g/mol. The summed E-state index contributed by atoms with van der Waals surface area (Å²) in [6.45, 7) is 5.90. The van der Waals surface area contributed by atoms with Crippen molar-refractivity contribution in [1.29, 1.82) is 0 Å². The topological polar surface area (TPSA) is 95.9 Å². The second kappa shape index (κ2) is 9.21. The van der Waals surface area contributed by atoms with Gasteiger partial charge in [-0.15, -0.1) is 0 Å². The number of nitrogens with zero attached hydrogens (tertiary/aromatic N) is 4. The summed E-state index contributed by atoms with van der Waals surface area (Å²) in [5.74, 6) is -0.145. The Kier molecular flexibility index (Phi) is 6.66. The van der Waals surface area contributed by atoms with Gasteiger partial charge in [-0.3, -0.25) is 14.6 Å². The van der Waals surface area contributed by atoms with E-state index in [0.29, 0.717) is 18.7 Å². The normalized spacial score (nSPS) is 19.9. The van der Waals surface area contributed by atoms with Crippen molar-refractivity contribution in [2.24, 2.45) is 5.92 Å². The molecule has 160 valence electrons. The number of hydrogen-bond donors (Lipinski definition) is 1. The van der Waals surface area contributed by atoms with E-state index >= 15 is 0 Å². The molecule has 0 bridgehead atoms. The molecule has 0 radical (unpaired) electrons. The molecule has 1 aliphatic rings. The highest BCUT2D eigenvalue weighted by Gasteiger charge is 2.34. The molecule has 30 heavy (non-hydrogen) atoms. The first-order valence-corrected chi connectivity index (χ1v) is 10.0. The summed E-state index contributed by atoms with van der Waals surface area (Å²) in [6.07, 6.45) is 4.69. The van der Waals surface area contributed by atoms with E-state index in [1.165, 1.54) is 6.92 Å². The average Bonchev–Trinajstić information content (AvgIpc) is 2.75. The molecule has 0 aromatic carbocycles. The lowest BCUT2D eigenvalue weighted by molar-refractivity contribution is -0.129. The third kappa shape index (κ3) is 4.59. The van der Waals surface area contributed by atoms with Gasteiger partial charge in [0.1, 0.15) is 11.7 Å². The Balaban J connectivity index is 2.05. The van der Waals surface area contributed by atoms with Crippen LogP contribution in [0.4, 0.5) is 0 Å². The Morgan fingerprint density at radius 2 is 2.17 bits per heavy atom. The van der Waals surface area contributed by atoms with Gasteiger partial charge in [0.15, 0.2) is 0 Å². The maximum Gasteiger partial charge on any atom is 0.259 e. The molecule has 0 spiro atoms. The molecule has 1 N–H and O–H groups in total. The van der Waals surface area contributed by atoms with Gasteiger partial charge >= 0.3 is 0 Å². The number of carbonyl (C=O) groups is 2. The van der Waals surface area contributed by atoms with E-state index in [4.69, 9.17) is 4.74 Å². The predicted molar refractivity (Wildman–Crippen MR) is 112 cm³/mol. The van der Waals surface area contributed by atoms with Crippen LogP contribution < -0.4 is 4.74 Å². The summed E-state index contributed by atoms with van der Waals surface area (Å²) in [6, 6.07) is 5.10. The number of carbonyl (C=O) groups excluding carboxylic acids is 2. The van der Waals surface area contributed by atoms with Crippen molar-refractivity contribution in [1.82, 2.24) is 19.8 Å². The molecule has 0 aliphatic carbocycles. The van der Waals surface area contributed by atoms with Crippen LogP contribution in [-0.2, 0) is 4.79 Å². The van der Waals surface area contributed by atoms with Gasteiger partial charge in [-0.1, -0.05) is 13.0 Å². The minimum Gasteiger partial charge on any atom is -0.472 e. The lowest BCUT2D eigenvalue weighted by atomic mass is 9.99. The van der Waals surface area contributed by atoms with Crippen LogP contribution in [0.3, 0.4) is 0 Å². The van der Waals surface area contributed by atoms with Crippen molar-refractivity contribution in [3.8, 4) is 17.0 Å². The van der Waals surface area contributed by atoms with Gasteiger partial charge in [0.2, 0.25) is 11.8 Å². The van der Waals surface area contributed by atoms with Crippen LogP contribution in [0.25, 0.3) is 11.1 Å². The minimum atomic E-state index is -0.362. The molecule has 3 rings (SSSR count). The molecule has 0 saturated carbocycles. The van der Waals surface area contributed by atoms with Crippen molar-refractivity contribution >= 4 is 11.8 Å². The second-order valence-electron chi connectivity index (χ2n) is 7.84. The van der Waals surface area contributed by atoms with Crippen molar-refractivity contribution in [2.75, 3.05) is 26.7 Å². The summed E-state index contributed by atoms with van der Waals surface area (Å²) >= 11 is 0. The lowest BCUT2D eigenvalue weighted by Crippen LogP contribution is -2.50. The maximum atomic E-state index is 13.4. The molecule has 3 heterocycles. The number of fused-ring (bicyclic) bond motifs is 1. The smallest absolute Gasteiger partial charge is 0.259 e. The van der Waals surface area contributed by atoms with Crippen LogP contribution >= 0.6 is 0 Å². The highest BCUT2D eigenvalue weighted by Crippen LogP contribution is 2.30. The molecule has 1 aliphatic heterocycles. The van der Waals surface area contributed by atoms with E-state index in [0.717, 1.165) is 11.1 Å². The molecule has 8 nitrogen and oxygen atoms in total. The summed E-state index contributed by atoms with van der Waals surface area (Å²) in [5.41, 5.74) is 1.92. The SMILES string of the molecule is CC(=O)N(C)C[C@@H]1Oc2ncc(-c3cccnc3)cc2C(=O)N([C@@H](C)CO)C[C@@H]1C. The van der Waals surface area contributed by atoms with Gasteiger partial charge in [-0.2, -0.15) is 0 Å². The van der Waals surface area contributed by atoms with Gasteiger partial charge in [0.25, 0.3) is 5.91 Å². The summed E-state index contributed by atoms with van der Waals surface area (Å²) in [7, 11) is 1.72. The van der Waals surface area contributed by atoms with Crippen LogP contribution in [0, 0.1) is 5.92 Å². The van der Waals surface area contributed by atoms with Crippen molar-refractivity contribution in [3.05, 3.63) is 42.4 Å². The van der Waals surface area contributed by atoms with Crippen molar-refractivity contribution < 1.29 is 19.4 Å². The van der Waals surface area contributed by atoms with Gasteiger partial charge in [-0.25, -0.2) is 4.98 Å². The third-order valence-electron chi connectivity index (χ3n) is 5.51. The molecule has 3 atom stereocenters. The molecular formula is C22H28N4O4. The Morgan fingerprint density at radius 3 is 2.80 bits per heavy atom. The van der Waals surface area contributed by atoms with E-state index in [1.54, 1.807) is 41.5 Å². The zero-order chi connectivity index (χ0) is 21.8. The third-order valence-corrected chi connectivity index (χ3v) is 5.51. The van der Waals surface area contributed by atoms with E-state index in [1.807, 2.05) is 26.0 Å². The summed E-state index contributed by atoms with van der Waals surface area (Å²) in [5, 5.41) is 9.72. The zero-order valence-corrected chi connectivity index (χ0v) is 17.8. The van der Waals surface area contributed by atoms with Crippen molar-refractivity contribution in [3.63, 3.8) is 0 Å². The van der Waals surface area contributed by atoms with E-state index in [-0.39, 0.29) is 42.4 Å². The minimum absolute atomic E-state index is 0.0652. The number of aliphatic hydroxyl groups is 1. The number of aromatic nitrogens is 2. The highest BCUT2D eigenvalue weighted by molar-refractivity contribution is 5.98. The Hall–Kier alpha value is -3.00. The van der Waals surface area contributed by atoms with Crippen LogP contribution in [0.1, 0.15) is 31.1 Å². The molecule has 2 aromatic rings. The number of aliphatic hydroxyl groups excluding tert-OH is 1. The Bertz CT molecular complexity index is 905. The highest BCUT2D eigenvalue weighted by atomic mass is 16.5. The molecule has 2 amide bonds. The predicted octanol–water partition coefficient (Wildman–Crippen LogP) is 1.84. The van der Waals surface area contributed by atoms with Gasteiger partial charge in [0.05, 0.1) is 19.2 Å². The van der Waals surface area contributed by atoms with Crippen LogP contribution in [0.15, 0.2) is 36.8 Å². The van der Waals surface area contributed by atoms with Crippen LogP contribution in [0.2, 0.25) is 0 Å². The first-order chi connectivity index (χ1) is 14.3. The average molecular weight is 412 g/mol. The maximum absolute atomic E-state index is 13.4. The fraction of sp³-hybridized carbons (Fsp3) is 0.455. The molecule has 0 saturated heterocycles. The summed E-state index contributed by atoms with van der Waals surface area (Å²) < 4.78 is 6.16.